The van der Waals surface area contributed by atoms with Crippen LogP contribution >= 0.6 is 0 Å². The van der Waals surface area contributed by atoms with Crippen LogP contribution in [0.5, 0.6) is 0 Å². The second-order valence-corrected chi connectivity index (χ2v) is 9.38. The van der Waals surface area contributed by atoms with Gasteiger partial charge in [-0.15, -0.1) is 5.06 Å². The highest BCUT2D eigenvalue weighted by Crippen LogP contribution is 2.43. The van der Waals surface area contributed by atoms with Gasteiger partial charge in [0, 0.05) is 27.3 Å². The summed E-state index contributed by atoms with van der Waals surface area (Å²) in [6.07, 6.45) is 0. The van der Waals surface area contributed by atoms with E-state index in [9.17, 15) is 24.4 Å². The largest absolute Gasteiger partial charge is 0.285 e. The van der Waals surface area contributed by atoms with Gasteiger partial charge in [-0.05, 0) is 57.3 Å². The maximum atomic E-state index is 14.0. The number of imide groups is 2. The van der Waals surface area contributed by atoms with Crippen molar-refractivity contribution in [2.45, 2.75) is 0 Å². The van der Waals surface area contributed by atoms with E-state index >= 15 is 0 Å². The summed E-state index contributed by atoms with van der Waals surface area (Å²) in [5.41, 5.74) is 1.03. The van der Waals surface area contributed by atoms with Crippen LogP contribution < -0.4 is 4.90 Å². The first-order valence-corrected chi connectivity index (χ1v) is 11.7. The maximum absolute atomic E-state index is 14.0. The van der Waals surface area contributed by atoms with Crippen molar-refractivity contribution >= 4 is 72.4 Å². The quantitative estimate of drug-likeness (QED) is 0.189. The molecule has 7 nitrogen and oxygen atoms in total. The zero-order valence-electron chi connectivity index (χ0n) is 19.0. The summed E-state index contributed by atoms with van der Waals surface area (Å²) in [6.45, 7) is 0. The van der Waals surface area contributed by atoms with E-state index in [1.54, 1.807) is 0 Å². The minimum absolute atomic E-state index is 0.0592. The summed E-state index contributed by atoms with van der Waals surface area (Å²) in [5.74, 6) is -2.87. The third-order valence-corrected chi connectivity index (χ3v) is 7.60. The highest BCUT2D eigenvalue weighted by molar-refractivity contribution is 6.41. The summed E-state index contributed by atoms with van der Waals surface area (Å²) in [6, 6.07) is 23.5. The number of rotatable bonds is 1. The zero-order chi connectivity index (χ0) is 25.2. The predicted molar refractivity (Wildman–Crippen MR) is 138 cm³/mol. The first-order chi connectivity index (χ1) is 18.0. The van der Waals surface area contributed by atoms with Gasteiger partial charge in [0.05, 0.1) is 16.8 Å². The lowest BCUT2D eigenvalue weighted by Crippen LogP contribution is -2.42. The van der Waals surface area contributed by atoms with E-state index in [0.717, 1.165) is 32.3 Å². The molecule has 0 saturated carbocycles. The molecule has 0 atom stereocenters. The van der Waals surface area contributed by atoms with Gasteiger partial charge in [0.1, 0.15) is 0 Å². The van der Waals surface area contributed by atoms with E-state index < -0.39 is 23.6 Å². The molecule has 37 heavy (non-hydrogen) atoms. The van der Waals surface area contributed by atoms with Crippen LogP contribution in [0.25, 0.3) is 43.1 Å². The fourth-order valence-electron chi connectivity index (χ4n) is 6.01. The van der Waals surface area contributed by atoms with Crippen LogP contribution in [0.1, 0.15) is 41.4 Å². The van der Waals surface area contributed by atoms with Gasteiger partial charge in [0.15, 0.2) is 0 Å². The molecule has 0 aliphatic carbocycles. The minimum atomic E-state index is -0.894. The van der Waals surface area contributed by atoms with Gasteiger partial charge in [-0.3, -0.25) is 24.4 Å². The molecule has 6 aromatic rings. The fraction of sp³-hybridized carbons (Fsp3) is 0. The van der Waals surface area contributed by atoms with Crippen LogP contribution in [0.15, 0.2) is 78.9 Å². The summed E-state index contributed by atoms with van der Waals surface area (Å²) < 4.78 is 0. The number of carbonyl (C=O) groups excluding carboxylic acids is 4. The van der Waals surface area contributed by atoms with E-state index in [4.69, 9.17) is 0 Å². The average molecular weight is 482 g/mol. The van der Waals surface area contributed by atoms with Crippen molar-refractivity contribution in [1.29, 1.82) is 0 Å². The van der Waals surface area contributed by atoms with Gasteiger partial charge >= 0.3 is 0 Å². The van der Waals surface area contributed by atoms with Gasteiger partial charge in [-0.1, -0.05) is 48.5 Å². The lowest BCUT2D eigenvalue weighted by molar-refractivity contribution is -0.0377. The molecule has 2 heterocycles. The SMILES string of the molecule is O=C1c2ccc3c4c(ccc(c24)C(=O)N1O)C(=O)N(c1cc2cccc4ccc5cccc1c5c42)C3=O. The fourth-order valence-corrected chi connectivity index (χ4v) is 6.01. The molecular weight excluding hydrogens is 468 g/mol. The van der Waals surface area contributed by atoms with Gasteiger partial charge in [0.25, 0.3) is 23.6 Å². The Labute approximate surface area is 208 Å². The summed E-state index contributed by atoms with van der Waals surface area (Å²) >= 11 is 0. The summed E-state index contributed by atoms with van der Waals surface area (Å²) in [7, 11) is 0. The van der Waals surface area contributed by atoms with Crippen molar-refractivity contribution in [2.24, 2.45) is 0 Å². The zero-order valence-corrected chi connectivity index (χ0v) is 19.0. The van der Waals surface area contributed by atoms with Crippen LogP contribution in [0, 0.1) is 0 Å². The maximum Gasteiger partial charge on any atom is 0.285 e. The van der Waals surface area contributed by atoms with Crippen molar-refractivity contribution in [1.82, 2.24) is 5.06 Å². The Hall–Kier alpha value is -5.14. The summed E-state index contributed by atoms with van der Waals surface area (Å²) in [5, 5.41) is 16.3. The van der Waals surface area contributed by atoms with Crippen molar-refractivity contribution in [3.05, 3.63) is 101 Å². The molecule has 4 amide bonds. The Kier molecular flexibility index (Phi) is 3.55. The number of benzene rings is 6. The number of hydrogen-bond acceptors (Lipinski definition) is 5. The van der Waals surface area contributed by atoms with Gasteiger partial charge in [-0.25, -0.2) is 4.90 Å². The average Bonchev–Trinajstić information content (AvgIpc) is 2.92. The highest BCUT2D eigenvalue weighted by Gasteiger charge is 2.40. The van der Waals surface area contributed by atoms with Crippen LogP contribution in [0.4, 0.5) is 5.69 Å². The number of nitrogens with zero attached hydrogens (tertiary/aromatic N) is 2. The molecule has 7 heteroatoms. The number of carbonyl (C=O) groups is 4. The predicted octanol–water partition coefficient (Wildman–Crippen LogP) is 5.52. The summed E-state index contributed by atoms with van der Waals surface area (Å²) in [4.78, 5) is 54.3. The molecule has 0 spiro atoms. The van der Waals surface area contributed by atoms with Crippen molar-refractivity contribution in [3.63, 3.8) is 0 Å². The lowest BCUT2D eigenvalue weighted by Gasteiger charge is -2.31. The van der Waals surface area contributed by atoms with Crippen molar-refractivity contribution < 1.29 is 24.4 Å². The Morgan fingerprint density at radius 3 is 1.57 bits per heavy atom. The van der Waals surface area contributed by atoms with Crippen molar-refractivity contribution in [2.75, 3.05) is 4.90 Å². The van der Waals surface area contributed by atoms with Gasteiger partial charge in [0.2, 0.25) is 0 Å². The molecule has 2 aliphatic heterocycles. The molecule has 0 radical (unpaired) electrons. The van der Waals surface area contributed by atoms with Crippen LogP contribution in [-0.2, 0) is 0 Å². The molecule has 6 aromatic carbocycles. The molecular formula is C30H14N2O5. The number of anilines is 1. The molecule has 2 aliphatic rings. The minimum Gasteiger partial charge on any atom is -0.278 e. The van der Waals surface area contributed by atoms with E-state index in [1.807, 2.05) is 48.5 Å². The Bertz CT molecular complexity index is 2020. The number of hydroxylamine groups is 2. The molecule has 0 unspecified atom stereocenters. The van der Waals surface area contributed by atoms with Gasteiger partial charge < -0.3 is 0 Å². The number of amides is 4. The Morgan fingerprint density at radius 1 is 0.486 bits per heavy atom. The normalized spacial score (nSPS) is 15.3. The second kappa shape index (κ2) is 6.54. The van der Waals surface area contributed by atoms with Crippen LogP contribution in [-0.4, -0.2) is 33.9 Å². The first kappa shape index (κ1) is 20.1. The van der Waals surface area contributed by atoms with Crippen LogP contribution in [0.2, 0.25) is 0 Å². The highest BCUT2D eigenvalue weighted by atomic mass is 16.5. The molecule has 0 aromatic heterocycles. The van der Waals surface area contributed by atoms with E-state index in [0.29, 0.717) is 5.69 Å². The van der Waals surface area contributed by atoms with E-state index in [-0.39, 0.29) is 38.1 Å². The Morgan fingerprint density at radius 2 is 0.973 bits per heavy atom. The van der Waals surface area contributed by atoms with Crippen molar-refractivity contribution in [3.8, 4) is 0 Å². The topological polar surface area (TPSA) is 95.0 Å². The third kappa shape index (κ3) is 2.29. The third-order valence-electron chi connectivity index (χ3n) is 7.60. The number of hydrogen-bond donors (Lipinski definition) is 1. The lowest BCUT2D eigenvalue weighted by atomic mass is 9.85. The molecule has 0 saturated heterocycles. The molecule has 8 rings (SSSR count). The first-order valence-electron chi connectivity index (χ1n) is 11.7. The molecule has 1 N–H and O–H groups in total. The molecule has 0 fully saturated rings. The second-order valence-electron chi connectivity index (χ2n) is 9.38. The smallest absolute Gasteiger partial charge is 0.278 e. The standard InChI is InChI=1S/C30H14N2O5/c33-27-18-9-11-20-26-21(30(36)32(37)29(20)35)12-10-19(25(18)26)28(34)31(27)22-13-16-5-1-3-14-7-8-15-4-2-6-17(22)24(15)23(14)16/h1-13,37H. The monoisotopic (exact) mass is 482 g/mol. The molecule has 174 valence electrons. The van der Waals surface area contributed by atoms with E-state index in [1.165, 1.54) is 29.2 Å². The molecule has 0 bridgehead atoms. The van der Waals surface area contributed by atoms with Crippen LogP contribution in [0.3, 0.4) is 0 Å². The van der Waals surface area contributed by atoms with E-state index in [2.05, 4.69) is 6.07 Å². The Balaban J connectivity index is 1.44. The van der Waals surface area contributed by atoms with Gasteiger partial charge in [-0.2, -0.15) is 0 Å².